The van der Waals surface area contributed by atoms with Gasteiger partial charge in [-0.15, -0.1) is 0 Å². The number of sulfonamides is 1. The molecule has 0 heterocycles. The Morgan fingerprint density at radius 3 is 2.25 bits per heavy atom. The number of aliphatic hydroxyl groups excluding tert-OH is 1. The highest BCUT2D eigenvalue weighted by atomic mass is 32.2. The van der Waals surface area contributed by atoms with E-state index in [4.69, 9.17) is 9.84 Å². The summed E-state index contributed by atoms with van der Waals surface area (Å²) in [7, 11) is -1.78. The molecule has 0 amide bonds. The average Bonchev–Trinajstić information content (AvgIpc) is 2.38. The Labute approximate surface area is 121 Å². The van der Waals surface area contributed by atoms with Crippen molar-refractivity contribution in [1.82, 2.24) is 4.31 Å². The molecule has 0 fully saturated rings. The van der Waals surface area contributed by atoms with Crippen LogP contribution in [0.1, 0.15) is 25.0 Å². The molecule has 1 N–H and O–H groups in total. The monoisotopic (exact) mass is 301 g/mol. The lowest BCUT2D eigenvalue weighted by Gasteiger charge is -2.18. The summed E-state index contributed by atoms with van der Waals surface area (Å²) in [6.07, 6.45) is 0.0946. The van der Waals surface area contributed by atoms with E-state index in [1.165, 1.54) is 4.31 Å². The van der Waals surface area contributed by atoms with Crippen LogP contribution in [0.3, 0.4) is 0 Å². The van der Waals surface area contributed by atoms with Gasteiger partial charge in [0.1, 0.15) is 0 Å². The minimum absolute atomic E-state index is 0.0422. The standard InChI is InChI=1S/C14H23NO4S/c1-12(2)19-9-8-15(3)20(17,18)11-14-6-4-13(10-16)5-7-14/h4-7,12,16H,8-11H2,1-3H3. The van der Waals surface area contributed by atoms with Gasteiger partial charge in [0.05, 0.1) is 25.1 Å². The Balaban J connectivity index is 2.58. The molecule has 0 aliphatic rings. The van der Waals surface area contributed by atoms with Crippen molar-refractivity contribution in [2.75, 3.05) is 20.2 Å². The first-order valence-corrected chi connectivity index (χ1v) is 8.20. The summed E-state index contributed by atoms with van der Waals surface area (Å²) in [6.45, 7) is 4.51. The molecule has 114 valence electrons. The Morgan fingerprint density at radius 2 is 1.75 bits per heavy atom. The Hall–Kier alpha value is -0.950. The fourth-order valence-electron chi connectivity index (χ4n) is 1.62. The minimum atomic E-state index is -3.34. The predicted octanol–water partition coefficient (Wildman–Crippen LogP) is 1.37. The SMILES string of the molecule is CC(C)OCCN(C)S(=O)(=O)Cc1ccc(CO)cc1. The summed E-state index contributed by atoms with van der Waals surface area (Å²) < 4.78 is 31.0. The summed E-state index contributed by atoms with van der Waals surface area (Å²) in [5, 5.41) is 8.95. The Bertz CT molecular complexity index is 496. The van der Waals surface area contributed by atoms with Gasteiger partial charge in [-0.1, -0.05) is 24.3 Å². The maximum atomic E-state index is 12.2. The van der Waals surface area contributed by atoms with Crippen LogP contribution >= 0.6 is 0 Å². The lowest BCUT2D eigenvalue weighted by Crippen LogP contribution is -2.31. The first-order chi connectivity index (χ1) is 9.35. The molecule has 20 heavy (non-hydrogen) atoms. The lowest BCUT2D eigenvalue weighted by molar-refractivity contribution is 0.0737. The zero-order chi connectivity index (χ0) is 15.2. The second-order valence-electron chi connectivity index (χ2n) is 4.97. The molecule has 0 saturated heterocycles. The third-order valence-corrected chi connectivity index (χ3v) is 4.72. The van der Waals surface area contributed by atoms with Crippen molar-refractivity contribution in [3.05, 3.63) is 35.4 Å². The van der Waals surface area contributed by atoms with E-state index in [1.807, 2.05) is 13.8 Å². The molecule has 0 saturated carbocycles. The number of hydrogen-bond donors (Lipinski definition) is 1. The highest BCUT2D eigenvalue weighted by molar-refractivity contribution is 7.88. The molecule has 1 aromatic rings. The molecule has 1 aromatic carbocycles. The van der Waals surface area contributed by atoms with E-state index in [2.05, 4.69) is 0 Å². The van der Waals surface area contributed by atoms with Gasteiger partial charge in [0.2, 0.25) is 10.0 Å². The van der Waals surface area contributed by atoms with Crippen molar-refractivity contribution in [3.8, 4) is 0 Å². The number of nitrogens with zero attached hydrogens (tertiary/aromatic N) is 1. The average molecular weight is 301 g/mol. The van der Waals surface area contributed by atoms with E-state index in [9.17, 15) is 8.42 Å². The van der Waals surface area contributed by atoms with Crippen LogP contribution in [0.2, 0.25) is 0 Å². The van der Waals surface area contributed by atoms with Crippen LogP contribution < -0.4 is 0 Å². The van der Waals surface area contributed by atoms with Crippen molar-refractivity contribution >= 4 is 10.0 Å². The maximum absolute atomic E-state index is 12.2. The molecule has 0 unspecified atom stereocenters. The van der Waals surface area contributed by atoms with Gasteiger partial charge in [0.25, 0.3) is 0 Å². The lowest BCUT2D eigenvalue weighted by atomic mass is 10.2. The molecule has 0 radical (unpaired) electrons. The fraction of sp³-hybridized carbons (Fsp3) is 0.571. The van der Waals surface area contributed by atoms with Crippen molar-refractivity contribution in [2.24, 2.45) is 0 Å². The number of hydrogen-bond acceptors (Lipinski definition) is 4. The number of ether oxygens (including phenoxy) is 1. The summed E-state index contributed by atoms with van der Waals surface area (Å²) in [4.78, 5) is 0. The first-order valence-electron chi connectivity index (χ1n) is 6.59. The number of aliphatic hydroxyl groups is 1. The zero-order valence-electron chi connectivity index (χ0n) is 12.2. The van der Waals surface area contributed by atoms with Crippen LogP contribution in [-0.4, -0.2) is 44.1 Å². The molecule has 0 spiro atoms. The van der Waals surface area contributed by atoms with Gasteiger partial charge < -0.3 is 9.84 Å². The molecular formula is C14H23NO4S. The van der Waals surface area contributed by atoms with Crippen molar-refractivity contribution in [1.29, 1.82) is 0 Å². The summed E-state index contributed by atoms with van der Waals surface area (Å²) in [5.74, 6) is -0.0448. The van der Waals surface area contributed by atoms with E-state index in [0.717, 1.165) is 5.56 Å². The van der Waals surface area contributed by atoms with Crippen molar-refractivity contribution in [2.45, 2.75) is 32.3 Å². The van der Waals surface area contributed by atoms with Crippen molar-refractivity contribution in [3.63, 3.8) is 0 Å². The van der Waals surface area contributed by atoms with Gasteiger partial charge in [-0.3, -0.25) is 0 Å². The van der Waals surface area contributed by atoms with Crippen LogP contribution in [0.4, 0.5) is 0 Å². The third-order valence-electron chi connectivity index (χ3n) is 2.89. The second kappa shape index (κ2) is 7.73. The highest BCUT2D eigenvalue weighted by Gasteiger charge is 2.18. The quantitative estimate of drug-likeness (QED) is 0.787. The van der Waals surface area contributed by atoms with Gasteiger partial charge >= 0.3 is 0 Å². The smallest absolute Gasteiger partial charge is 0.218 e. The van der Waals surface area contributed by atoms with Crippen LogP contribution in [0.25, 0.3) is 0 Å². The van der Waals surface area contributed by atoms with E-state index in [1.54, 1.807) is 31.3 Å². The van der Waals surface area contributed by atoms with Crippen LogP contribution in [0.15, 0.2) is 24.3 Å². The van der Waals surface area contributed by atoms with E-state index < -0.39 is 10.0 Å². The zero-order valence-corrected chi connectivity index (χ0v) is 13.1. The Kier molecular flexibility index (Phi) is 6.61. The predicted molar refractivity (Wildman–Crippen MR) is 78.7 cm³/mol. The Morgan fingerprint density at radius 1 is 1.20 bits per heavy atom. The van der Waals surface area contributed by atoms with E-state index in [0.29, 0.717) is 18.7 Å². The third kappa shape index (κ3) is 5.58. The van der Waals surface area contributed by atoms with Gasteiger partial charge in [-0.05, 0) is 25.0 Å². The molecule has 0 bridgehead atoms. The van der Waals surface area contributed by atoms with Crippen molar-refractivity contribution < 1.29 is 18.3 Å². The second-order valence-corrected chi connectivity index (χ2v) is 7.05. The van der Waals surface area contributed by atoms with Gasteiger partial charge in [0, 0.05) is 13.6 Å². The normalized spacial score (nSPS) is 12.3. The maximum Gasteiger partial charge on any atom is 0.218 e. The minimum Gasteiger partial charge on any atom is -0.392 e. The highest BCUT2D eigenvalue weighted by Crippen LogP contribution is 2.11. The van der Waals surface area contributed by atoms with Crippen LogP contribution in [0.5, 0.6) is 0 Å². The molecule has 5 nitrogen and oxygen atoms in total. The molecule has 0 aromatic heterocycles. The first kappa shape index (κ1) is 17.1. The molecule has 0 aliphatic heterocycles. The van der Waals surface area contributed by atoms with Crippen LogP contribution in [0, 0.1) is 0 Å². The molecular weight excluding hydrogens is 278 g/mol. The summed E-state index contributed by atoms with van der Waals surface area (Å²) in [6, 6.07) is 6.91. The fourth-order valence-corrected chi connectivity index (χ4v) is 2.80. The van der Waals surface area contributed by atoms with E-state index >= 15 is 0 Å². The van der Waals surface area contributed by atoms with Gasteiger partial charge in [-0.25, -0.2) is 12.7 Å². The largest absolute Gasteiger partial charge is 0.392 e. The van der Waals surface area contributed by atoms with E-state index in [-0.39, 0.29) is 18.5 Å². The summed E-state index contributed by atoms with van der Waals surface area (Å²) in [5.41, 5.74) is 1.48. The van der Waals surface area contributed by atoms with Gasteiger partial charge in [-0.2, -0.15) is 0 Å². The van der Waals surface area contributed by atoms with Gasteiger partial charge in [0.15, 0.2) is 0 Å². The molecule has 0 atom stereocenters. The number of benzene rings is 1. The number of rotatable bonds is 8. The topological polar surface area (TPSA) is 66.8 Å². The number of likely N-dealkylation sites (N-methyl/N-ethyl adjacent to an activating group) is 1. The molecule has 0 aliphatic carbocycles. The molecule has 1 rings (SSSR count). The van der Waals surface area contributed by atoms with Crippen LogP contribution in [-0.2, 0) is 27.1 Å². The summed E-state index contributed by atoms with van der Waals surface area (Å²) >= 11 is 0. The molecule has 6 heteroatoms.